The quantitative estimate of drug-likeness (QED) is 0.593. The van der Waals surface area contributed by atoms with Crippen molar-refractivity contribution in [2.75, 3.05) is 0 Å². The summed E-state index contributed by atoms with van der Waals surface area (Å²) in [6, 6.07) is 6.54. The Morgan fingerprint density at radius 2 is 1.95 bits per heavy atom. The molecule has 0 spiro atoms. The second-order valence-electron chi connectivity index (χ2n) is 4.28. The van der Waals surface area contributed by atoms with Gasteiger partial charge in [-0.2, -0.15) is 0 Å². The fourth-order valence-corrected chi connectivity index (χ4v) is 1.81. The summed E-state index contributed by atoms with van der Waals surface area (Å²) < 4.78 is 5.44. The molecule has 1 aromatic carbocycles. The number of allylic oxidation sites excluding steroid dienone is 3. The lowest BCUT2D eigenvalue weighted by molar-refractivity contribution is 0.324. The van der Waals surface area contributed by atoms with Crippen molar-refractivity contribution in [1.29, 1.82) is 0 Å². The Balaban J connectivity index is 2.42. The van der Waals surface area contributed by atoms with Gasteiger partial charge < -0.3 is 19.7 Å². The largest absolute Gasteiger partial charge is 0.504 e. The van der Waals surface area contributed by atoms with Crippen LogP contribution in [0.25, 0.3) is 11.0 Å². The molecule has 0 unspecified atom stereocenters. The van der Waals surface area contributed by atoms with E-state index in [1.54, 1.807) is 24.3 Å². The summed E-state index contributed by atoms with van der Waals surface area (Å²) in [4.78, 5) is 12.0. The van der Waals surface area contributed by atoms with Gasteiger partial charge in [-0.15, -0.1) is 0 Å². The van der Waals surface area contributed by atoms with Crippen molar-refractivity contribution in [2.45, 2.75) is 6.42 Å². The number of para-hydroxylation sites is 1. The number of aromatic hydroxyl groups is 1. The minimum Gasteiger partial charge on any atom is -0.504 e. The number of fused-ring (bicyclic) bond motifs is 1. The monoisotopic (exact) mass is 286 g/mol. The van der Waals surface area contributed by atoms with E-state index in [-0.39, 0.29) is 23.3 Å². The van der Waals surface area contributed by atoms with Crippen molar-refractivity contribution in [1.82, 2.24) is 0 Å². The molecular formula is C16H14O5. The molecule has 0 aliphatic heterocycles. The van der Waals surface area contributed by atoms with Crippen LogP contribution in [-0.2, 0) is 6.42 Å². The Morgan fingerprint density at radius 1 is 1.24 bits per heavy atom. The van der Waals surface area contributed by atoms with Gasteiger partial charge in [0.05, 0.1) is 5.39 Å². The van der Waals surface area contributed by atoms with Gasteiger partial charge in [-0.1, -0.05) is 24.8 Å². The molecule has 5 heteroatoms. The summed E-state index contributed by atoms with van der Waals surface area (Å²) >= 11 is 0. The predicted octanol–water partition coefficient (Wildman–Crippen LogP) is 3.11. The Morgan fingerprint density at radius 3 is 2.67 bits per heavy atom. The first-order valence-electron chi connectivity index (χ1n) is 6.19. The number of rotatable bonds is 4. The lowest BCUT2D eigenvalue weighted by Gasteiger charge is -2.04. The zero-order valence-corrected chi connectivity index (χ0v) is 11.1. The van der Waals surface area contributed by atoms with E-state index in [4.69, 9.17) is 4.42 Å². The molecule has 3 N–H and O–H groups in total. The molecule has 0 amide bonds. The van der Waals surface area contributed by atoms with Gasteiger partial charge in [0, 0.05) is 6.42 Å². The van der Waals surface area contributed by atoms with Crippen molar-refractivity contribution in [3.8, 4) is 5.75 Å². The van der Waals surface area contributed by atoms with Gasteiger partial charge in [-0.05, 0) is 24.3 Å². The van der Waals surface area contributed by atoms with Crippen LogP contribution in [0.4, 0.5) is 0 Å². The van der Waals surface area contributed by atoms with E-state index < -0.39 is 16.9 Å². The first kappa shape index (κ1) is 14.5. The fourth-order valence-electron chi connectivity index (χ4n) is 1.81. The van der Waals surface area contributed by atoms with E-state index in [9.17, 15) is 20.1 Å². The molecule has 0 radical (unpaired) electrons. The van der Waals surface area contributed by atoms with Crippen LogP contribution in [0.5, 0.6) is 5.75 Å². The van der Waals surface area contributed by atoms with Gasteiger partial charge in [0.25, 0.3) is 0 Å². The number of hydrogen-bond donors (Lipinski definition) is 3. The Bertz CT molecular complexity index is 796. The smallest absolute Gasteiger partial charge is 0.234 e. The van der Waals surface area contributed by atoms with E-state index >= 15 is 0 Å². The van der Waals surface area contributed by atoms with Crippen LogP contribution in [0.1, 0.15) is 5.76 Å². The van der Waals surface area contributed by atoms with Crippen LogP contribution < -0.4 is 5.43 Å². The summed E-state index contributed by atoms with van der Waals surface area (Å²) in [5.74, 6) is -1.26. The first-order valence-corrected chi connectivity index (χ1v) is 6.19. The maximum absolute atomic E-state index is 12.0. The van der Waals surface area contributed by atoms with Crippen LogP contribution in [0.15, 0.2) is 69.8 Å². The molecule has 108 valence electrons. The van der Waals surface area contributed by atoms with Crippen molar-refractivity contribution in [3.63, 3.8) is 0 Å². The Labute approximate surface area is 120 Å². The van der Waals surface area contributed by atoms with E-state index in [1.165, 1.54) is 18.2 Å². The van der Waals surface area contributed by atoms with Crippen LogP contribution in [0.3, 0.4) is 0 Å². The second-order valence-corrected chi connectivity index (χ2v) is 4.28. The number of aliphatic hydroxyl groups is 2. The van der Waals surface area contributed by atoms with E-state index in [0.717, 1.165) is 0 Å². The average molecular weight is 286 g/mol. The Hall–Kier alpha value is -2.95. The van der Waals surface area contributed by atoms with Gasteiger partial charge >= 0.3 is 0 Å². The summed E-state index contributed by atoms with van der Waals surface area (Å²) in [5.41, 5.74) is -0.195. The van der Waals surface area contributed by atoms with Gasteiger partial charge in [0.15, 0.2) is 17.3 Å². The van der Waals surface area contributed by atoms with E-state index in [1.807, 2.05) is 0 Å². The number of hydrogen-bond acceptors (Lipinski definition) is 5. The van der Waals surface area contributed by atoms with E-state index in [2.05, 4.69) is 6.58 Å². The first-order chi connectivity index (χ1) is 10.0. The SMILES string of the molecule is C=C/C=C(O)\C(O)=C/Cc1oc2ccccc2c(=O)c1O. The molecule has 2 aromatic rings. The van der Waals surface area contributed by atoms with E-state index in [0.29, 0.717) is 5.58 Å². The van der Waals surface area contributed by atoms with Gasteiger partial charge in [0.2, 0.25) is 11.2 Å². The molecule has 0 atom stereocenters. The molecule has 21 heavy (non-hydrogen) atoms. The highest BCUT2D eigenvalue weighted by Crippen LogP contribution is 2.21. The molecule has 5 nitrogen and oxygen atoms in total. The lowest BCUT2D eigenvalue weighted by Crippen LogP contribution is -2.04. The highest BCUT2D eigenvalue weighted by Gasteiger charge is 2.12. The van der Waals surface area contributed by atoms with Crippen LogP contribution in [0.2, 0.25) is 0 Å². The summed E-state index contributed by atoms with van der Waals surface area (Å²) in [7, 11) is 0. The summed E-state index contributed by atoms with van der Waals surface area (Å²) in [6.45, 7) is 3.39. The molecule has 0 fully saturated rings. The maximum atomic E-state index is 12.0. The standard InChI is InChI=1S/C16H14O5/c1-2-5-11(17)12(18)8-9-14-16(20)15(19)10-6-3-4-7-13(10)21-14/h2-8,17-18,20H,1,9H2/b11-5+,12-8+. The second kappa shape index (κ2) is 6.00. The van der Waals surface area contributed by atoms with Crippen LogP contribution in [0, 0.1) is 0 Å². The molecular weight excluding hydrogens is 272 g/mol. The summed E-state index contributed by atoms with van der Waals surface area (Å²) in [6.07, 6.45) is 3.70. The highest BCUT2D eigenvalue weighted by molar-refractivity contribution is 5.77. The van der Waals surface area contributed by atoms with Crippen LogP contribution >= 0.6 is 0 Å². The number of aliphatic hydroxyl groups excluding tert-OH is 2. The normalized spacial score (nSPS) is 12.6. The maximum Gasteiger partial charge on any atom is 0.234 e. The predicted molar refractivity (Wildman–Crippen MR) is 79.5 cm³/mol. The molecule has 2 rings (SSSR count). The van der Waals surface area contributed by atoms with Crippen molar-refractivity contribution < 1.29 is 19.7 Å². The minimum atomic E-state index is -0.536. The molecule has 1 aromatic heterocycles. The van der Waals surface area contributed by atoms with Gasteiger partial charge in [-0.3, -0.25) is 4.79 Å². The molecule has 1 heterocycles. The zero-order chi connectivity index (χ0) is 15.4. The van der Waals surface area contributed by atoms with Crippen LogP contribution in [-0.4, -0.2) is 15.3 Å². The molecule has 0 bridgehead atoms. The minimum absolute atomic E-state index is 0.0108. The lowest BCUT2D eigenvalue weighted by atomic mass is 10.1. The van der Waals surface area contributed by atoms with Crippen molar-refractivity contribution in [3.05, 3.63) is 76.6 Å². The van der Waals surface area contributed by atoms with Crippen molar-refractivity contribution >= 4 is 11.0 Å². The third-order valence-electron chi connectivity index (χ3n) is 2.86. The fraction of sp³-hybridized carbons (Fsp3) is 0.0625. The Kier molecular flexibility index (Phi) is 4.13. The topological polar surface area (TPSA) is 90.9 Å². The molecule has 0 saturated heterocycles. The molecule has 0 aliphatic rings. The van der Waals surface area contributed by atoms with Crippen molar-refractivity contribution in [2.24, 2.45) is 0 Å². The molecule has 0 aliphatic carbocycles. The highest BCUT2D eigenvalue weighted by atomic mass is 16.4. The summed E-state index contributed by atoms with van der Waals surface area (Å²) in [5, 5.41) is 29.1. The third kappa shape index (κ3) is 2.97. The van der Waals surface area contributed by atoms with Gasteiger partial charge in [-0.25, -0.2) is 0 Å². The average Bonchev–Trinajstić information content (AvgIpc) is 2.49. The number of benzene rings is 1. The third-order valence-corrected chi connectivity index (χ3v) is 2.86. The zero-order valence-electron chi connectivity index (χ0n) is 11.1. The van der Waals surface area contributed by atoms with Gasteiger partial charge in [0.1, 0.15) is 5.58 Å². The molecule has 0 saturated carbocycles.